The second-order valence-corrected chi connectivity index (χ2v) is 6.16. The zero-order valence-electron chi connectivity index (χ0n) is 12.2. The van der Waals surface area contributed by atoms with E-state index in [4.69, 9.17) is 5.11 Å². The monoisotopic (exact) mass is 303 g/mol. The van der Waals surface area contributed by atoms with Crippen molar-refractivity contribution in [3.8, 4) is 0 Å². The van der Waals surface area contributed by atoms with Crippen molar-refractivity contribution in [3.05, 3.63) is 0 Å². The number of hydrogen-bond acceptors (Lipinski definition) is 4. The molecule has 0 bridgehead atoms. The summed E-state index contributed by atoms with van der Waals surface area (Å²) in [5, 5.41) is 18.9. The molecule has 6 heteroatoms. The molecule has 5 nitrogen and oxygen atoms in total. The molecule has 0 saturated carbocycles. The molecule has 1 amide bonds. The summed E-state index contributed by atoms with van der Waals surface area (Å²) in [4.78, 5) is 25.0. The van der Waals surface area contributed by atoms with E-state index in [1.54, 1.807) is 0 Å². The Hall–Kier alpha value is -0.750. The molecule has 1 aliphatic heterocycles. The van der Waals surface area contributed by atoms with Crippen LogP contribution in [0.4, 0.5) is 0 Å². The second-order valence-electron chi connectivity index (χ2n) is 5.80. The van der Waals surface area contributed by atoms with Gasteiger partial charge in [0.1, 0.15) is 6.04 Å². The number of aliphatic hydroxyl groups is 1. The van der Waals surface area contributed by atoms with Crippen LogP contribution in [0.15, 0.2) is 0 Å². The number of aliphatic carboxylic acids is 1. The molecule has 0 radical (unpaired) electrons. The number of carbonyl (C=O) groups is 2. The predicted molar refractivity (Wildman–Crippen MR) is 79.8 cm³/mol. The van der Waals surface area contributed by atoms with Crippen molar-refractivity contribution in [1.29, 1.82) is 0 Å². The maximum atomic E-state index is 12.4. The fraction of sp³-hybridized carbons (Fsp3) is 0.857. The molecule has 2 unspecified atom stereocenters. The summed E-state index contributed by atoms with van der Waals surface area (Å²) in [5.41, 5.74) is 0. The van der Waals surface area contributed by atoms with E-state index < -0.39 is 18.1 Å². The highest BCUT2D eigenvalue weighted by Gasteiger charge is 2.36. The molecular formula is C14H25NO4S. The molecule has 0 aliphatic carbocycles. The van der Waals surface area contributed by atoms with Crippen LogP contribution in [0, 0.1) is 11.8 Å². The van der Waals surface area contributed by atoms with Gasteiger partial charge in [-0.25, -0.2) is 4.79 Å². The van der Waals surface area contributed by atoms with E-state index in [1.807, 2.05) is 13.8 Å². The third kappa shape index (κ3) is 4.38. The largest absolute Gasteiger partial charge is 0.480 e. The summed E-state index contributed by atoms with van der Waals surface area (Å²) in [7, 11) is 0. The minimum Gasteiger partial charge on any atom is -0.480 e. The van der Waals surface area contributed by atoms with Crippen molar-refractivity contribution >= 4 is 24.5 Å². The van der Waals surface area contributed by atoms with Crippen LogP contribution in [-0.4, -0.2) is 51.4 Å². The summed E-state index contributed by atoms with van der Waals surface area (Å²) in [6, 6.07) is -0.695. The topological polar surface area (TPSA) is 77.8 Å². The molecule has 1 saturated heterocycles. The molecule has 0 aromatic carbocycles. The summed E-state index contributed by atoms with van der Waals surface area (Å²) < 4.78 is 0. The second kappa shape index (κ2) is 7.88. The Morgan fingerprint density at radius 2 is 2.00 bits per heavy atom. The molecule has 1 rings (SSSR count). The molecule has 2 N–H and O–H groups in total. The number of carbonyl (C=O) groups excluding carboxylic acids is 1. The normalized spacial score (nSPS) is 22.1. The van der Waals surface area contributed by atoms with Gasteiger partial charge in [-0.1, -0.05) is 13.8 Å². The molecule has 1 aliphatic rings. The van der Waals surface area contributed by atoms with Gasteiger partial charge in [0.05, 0.1) is 6.10 Å². The molecule has 0 spiro atoms. The van der Waals surface area contributed by atoms with Gasteiger partial charge in [-0.3, -0.25) is 4.79 Å². The van der Waals surface area contributed by atoms with E-state index in [-0.39, 0.29) is 17.7 Å². The highest BCUT2D eigenvalue weighted by Crippen LogP contribution is 2.23. The summed E-state index contributed by atoms with van der Waals surface area (Å²) in [6.07, 6.45) is 1.91. The quantitative estimate of drug-likeness (QED) is 0.621. The molecule has 3 atom stereocenters. The summed E-state index contributed by atoms with van der Waals surface area (Å²) in [5.74, 6) is -0.848. The van der Waals surface area contributed by atoms with Gasteiger partial charge in [0.2, 0.25) is 5.91 Å². The van der Waals surface area contributed by atoms with Crippen LogP contribution in [-0.2, 0) is 9.59 Å². The minimum absolute atomic E-state index is 0.138. The maximum Gasteiger partial charge on any atom is 0.326 e. The Balaban J connectivity index is 2.60. The first-order chi connectivity index (χ1) is 9.38. The summed E-state index contributed by atoms with van der Waals surface area (Å²) in [6.45, 7) is 4.37. The van der Waals surface area contributed by atoms with Crippen molar-refractivity contribution in [2.75, 3.05) is 12.3 Å². The van der Waals surface area contributed by atoms with Crippen molar-refractivity contribution in [3.63, 3.8) is 0 Å². The molecule has 0 aromatic heterocycles. The molecule has 116 valence electrons. The Labute approximate surface area is 125 Å². The maximum absolute atomic E-state index is 12.4. The van der Waals surface area contributed by atoms with Crippen LogP contribution in [0.3, 0.4) is 0 Å². The van der Waals surface area contributed by atoms with Gasteiger partial charge >= 0.3 is 5.97 Å². The number of aliphatic hydroxyl groups excluding tert-OH is 1. The Kier molecular flexibility index (Phi) is 6.82. The highest BCUT2D eigenvalue weighted by molar-refractivity contribution is 7.80. The Morgan fingerprint density at radius 1 is 1.35 bits per heavy atom. The zero-order valence-corrected chi connectivity index (χ0v) is 13.1. The molecule has 20 heavy (non-hydrogen) atoms. The third-order valence-corrected chi connectivity index (χ3v) is 4.41. The van der Waals surface area contributed by atoms with Crippen molar-refractivity contribution in [2.24, 2.45) is 11.8 Å². The van der Waals surface area contributed by atoms with E-state index in [0.29, 0.717) is 31.6 Å². The highest BCUT2D eigenvalue weighted by atomic mass is 32.1. The average Bonchev–Trinajstić information content (AvgIpc) is 2.87. The van der Waals surface area contributed by atoms with Crippen LogP contribution in [0.1, 0.15) is 39.5 Å². The average molecular weight is 303 g/mol. The lowest BCUT2D eigenvalue weighted by atomic mass is 9.96. The van der Waals surface area contributed by atoms with E-state index >= 15 is 0 Å². The zero-order chi connectivity index (χ0) is 15.3. The number of nitrogens with zero attached hydrogens (tertiary/aromatic N) is 1. The standard InChI is InChI=1S/C14H25NO4S/c1-9(2)12(16)6-5-10(8-20)13(17)15-7-3-4-11(15)14(18)19/h9-12,16,20H,3-8H2,1-2H3,(H,18,19)/t10?,11-,12?/m0/s1. The van der Waals surface area contributed by atoms with Crippen LogP contribution in [0.25, 0.3) is 0 Å². The predicted octanol–water partition coefficient (Wildman–Crippen LogP) is 1.41. The molecule has 1 fully saturated rings. The van der Waals surface area contributed by atoms with Gasteiger partial charge in [0, 0.05) is 18.2 Å². The van der Waals surface area contributed by atoms with E-state index in [2.05, 4.69) is 12.6 Å². The lowest BCUT2D eigenvalue weighted by Gasteiger charge is -2.26. The molecule has 1 heterocycles. The van der Waals surface area contributed by atoms with Gasteiger partial charge in [0.25, 0.3) is 0 Å². The first kappa shape index (κ1) is 17.3. The smallest absolute Gasteiger partial charge is 0.326 e. The minimum atomic E-state index is -0.934. The van der Waals surface area contributed by atoms with Crippen LogP contribution >= 0.6 is 12.6 Å². The lowest BCUT2D eigenvalue weighted by Crippen LogP contribution is -2.44. The fourth-order valence-electron chi connectivity index (χ4n) is 2.52. The van der Waals surface area contributed by atoms with Crippen LogP contribution < -0.4 is 0 Å². The van der Waals surface area contributed by atoms with Crippen molar-refractivity contribution < 1.29 is 19.8 Å². The molecule has 0 aromatic rings. The number of rotatable bonds is 7. The lowest BCUT2D eigenvalue weighted by molar-refractivity contribution is -0.149. The van der Waals surface area contributed by atoms with Crippen LogP contribution in [0.2, 0.25) is 0 Å². The van der Waals surface area contributed by atoms with Crippen LogP contribution in [0.5, 0.6) is 0 Å². The number of likely N-dealkylation sites (tertiary alicyclic amines) is 1. The van der Waals surface area contributed by atoms with Crippen molar-refractivity contribution in [2.45, 2.75) is 51.7 Å². The molecular weight excluding hydrogens is 278 g/mol. The van der Waals surface area contributed by atoms with Crippen molar-refractivity contribution in [1.82, 2.24) is 4.90 Å². The van der Waals surface area contributed by atoms with E-state index in [9.17, 15) is 14.7 Å². The van der Waals surface area contributed by atoms with Gasteiger partial charge < -0.3 is 15.1 Å². The number of thiol groups is 1. The van der Waals surface area contributed by atoms with E-state index in [1.165, 1.54) is 4.90 Å². The Morgan fingerprint density at radius 3 is 2.50 bits per heavy atom. The SMILES string of the molecule is CC(C)C(O)CCC(CS)C(=O)N1CCC[C@H]1C(=O)O. The number of amides is 1. The Bertz CT molecular complexity index is 348. The number of hydrogen-bond donors (Lipinski definition) is 3. The first-order valence-electron chi connectivity index (χ1n) is 7.20. The third-order valence-electron chi connectivity index (χ3n) is 3.97. The van der Waals surface area contributed by atoms with Gasteiger partial charge in [0.15, 0.2) is 0 Å². The number of carboxylic acids is 1. The first-order valence-corrected chi connectivity index (χ1v) is 7.84. The van der Waals surface area contributed by atoms with Gasteiger partial charge in [-0.15, -0.1) is 0 Å². The summed E-state index contributed by atoms with van der Waals surface area (Å²) >= 11 is 4.21. The fourth-order valence-corrected chi connectivity index (χ4v) is 2.86. The van der Waals surface area contributed by atoms with Gasteiger partial charge in [-0.2, -0.15) is 12.6 Å². The van der Waals surface area contributed by atoms with Gasteiger partial charge in [-0.05, 0) is 31.6 Å². The number of carboxylic acid groups (broad SMARTS) is 1. The van der Waals surface area contributed by atoms with E-state index in [0.717, 1.165) is 6.42 Å².